The van der Waals surface area contributed by atoms with Crippen LogP contribution in [0.3, 0.4) is 0 Å². The van der Waals surface area contributed by atoms with E-state index in [1.165, 1.54) is 165 Å². The molecule has 0 N–H and O–H groups in total. The van der Waals surface area contributed by atoms with Gasteiger partial charge in [0.1, 0.15) is 0 Å². The Hall–Kier alpha value is -0.0400. The highest BCUT2D eigenvalue weighted by molar-refractivity contribution is 4.51. The summed E-state index contributed by atoms with van der Waals surface area (Å²) in [4.78, 5) is 0. The molecular formula is C33H72N+. The van der Waals surface area contributed by atoms with E-state index in [-0.39, 0.29) is 0 Å². The largest absolute Gasteiger partial charge is 0.326 e. The van der Waals surface area contributed by atoms with Gasteiger partial charge < -0.3 is 4.48 Å². The molecule has 0 amide bonds. The lowest BCUT2D eigenvalue weighted by atomic mass is 10.0. The summed E-state index contributed by atoms with van der Waals surface area (Å²) < 4.78 is 1.36. The number of rotatable bonds is 25. The number of nitrogens with zero attached hydrogens (tertiary/aromatic N) is 1. The molecule has 0 rings (SSSR count). The van der Waals surface area contributed by atoms with Gasteiger partial charge in [0.15, 0.2) is 0 Å². The maximum Gasteiger partial charge on any atom is 0.0784 e. The van der Waals surface area contributed by atoms with Gasteiger partial charge in [0.05, 0.1) is 26.7 Å². The van der Waals surface area contributed by atoms with Crippen LogP contribution in [-0.4, -0.2) is 31.2 Å². The molecule has 0 saturated carbocycles. The van der Waals surface area contributed by atoms with Crippen LogP contribution >= 0.6 is 0 Å². The zero-order chi connectivity index (χ0) is 25.8. The van der Waals surface area contributed by atoms with E-state index in [4.69, 9.17) is 0 Å². The van der Waals surface area contributed by atoms with Gasteiger partial charge in [-0.1, -0.05) is 144 Å². The van der Waals surface area contributed by atoms with Crippen LogP contribution in [0.15, 0.2) is 0 Å². The molecule has 1 atom stereocenters. The first-order chi connectivity index (χ1) is 16.5. The molecule has 0 aromatic heterocycles. The lowest BCUT2D eigenvalue weighted by Crippen LogP contribution is -2.46. The van der Waals surface area contributed by atoms with Crippen molar-refractivity contribution in [2.45, 2.75) is 183 Å². The monoisotopic (exact) mass is 483 g/mol. The van der Waals surface area contributed by atoms with Gasteiger partial charge in [-0.3, -0.25) is 0 Å². The van der Waals surface area contributed by atoms with Gasteiger partial charge in [-0.25, -0.2) is 0 Å². The van der Waals surface area contributed by atoms with E-state index >= 15 is 0 Å². The Labute approximate surface area is 219 Å². The zero-order valence-corrected chi connectivity index (χ0v) is 25.7. The van der Waals surface area contributed by atoms with Gasteiger partial charge >= 0.3 is 0 Å². The van der Waals surface area contributed by atoms with Crippen molar-refractivity contribution >= 4 is 0 Å². The summed E-state index contributed by atoms with van der Waals surface area (Å²) in [7, 11) is 2.56. The first-order valence-electron chi connectivity index (χ1n) is 16.3. The van der Waals surface area contributed by atoms with Crippen LogP contribution in [0.1, 0.15) is 183 Å². The fourth-order valence-electron chi connectivity index (χ4n) is 4.91. The Morgan fingerprint density at radius 2 is 0.706 bits per heavy atom. The molecule has 0 fully saturated rings. The maximum atomic E-state index is 2.56. The molecule has 0 aliphatic rings. The number of hydrogen-bond acceptors (Lipinski definition) is 0. The smallest absolute Gasteiger partial charge is 0.0784 e. The van der Waals surface area contributed by atoms with E-state index in [1.54, 1.807) is 0 Å². The summed E-state index contributed by atoms with van der Waals surface area (Å²) in [6, 6.07) is 0. The molecule has 208 valence electrons. The summed E-state index contributed by atoms with van der Waals surface area (Å²) in [5.41, 5.74) is 0. The second-order valence-electron chi connectivity index (χ2n) is 11.7. The van der Waals surface area contributed by atoms with Crippen molar-refractivity contribution < 1.29 is 4.48 Å². The van der Waals surface area contributed by atoms with Gasteiger partial charge in [-0.15, -0.1) is 0 Å². The van der Waals surface area contributed by atoms with Gasteiger partial charge in [0, 0.05) is 0 Å². The predicted molar refractivity (Wildman–Crippen MR) is 160 cm³/mol. The Morgan fingerprint density at radius 3 is 1.00 bits per heavy atom. The summed E-state index contributed by atoms with van der Waals surface area (Å²) in [5, 5.41) is 0. The third kappa shape index (κ3) is 28.2. The first kappa shape index (κ1) is 36.1. The van der Waals surface area contributed by atoms with Crippen LogP contribution < -0.4 is 0 Å². The summed E-state index contributed by atoms with van der Waals surface area (Å²) in [6.07, 6.45) is 31.4. The van der Waals surface area contributed by atoms with Crippen LogP contribution in [0, 0.1) is 5.92 Å². The molecule has 0 spiro atoms. The fourth-order valence-corrected chi connectivity index (χ4v) is 4.91. The van der Waals surface area contributed by atoms with Gasteiger partial charge in [-0.2, -0.15) is 0 Å². The summed E-state index contributed by atoms with van der Waals surface area (Å²) >= 11 is 0. The molecule has 0 aromatic carbocycles. The van der Waals surface area contributed by atoms with Crippen molar-refractivity contribution in [1.29, 1.82) is 0 Å². The third-order valence-corrected chi connectivity index (χ3v) is 7.90. The van der Waals surface area contributed by atoms with Crippen molar-refractivity contribution in [1.82, 2.24) is 0 Å². The Morgan fingerprint density at radius 1 is 0.412 bits per heavy atom. The molecule has 34 heavy (non-hydrogen) atoms. The van der Waals surface area contributed by atoms with Crippen molar-refractivity contribution in [2.75, 3.05) is 26.7 Å². The van der Waals surface area contributed by atoms with Crippen molar-refractivity contribution in [3.63, 3.8) is 0 Å². The molecule has 0 bridgehead atoms. The highest BCUT2D eigenvalue weighted by Gasteiger charge is 2.20. The van der Waals surface area contributed by atoms with Crippen molar-refractivity contribution in [3.05, 3.63) is 0 Å². The highest BCUT2D eigenvalue weighted by atomic mass is 15.3. The van der Waals surface area contributed by atoms with Crippen LogP contribution in [0.5, 0.6) is 0 Å². The third-order valence-electron chi connectivity index (χ3n) is 7.90. The van der Waals surface area contributed by atoms with E-state index in [2.05, 4.69) is 48.6 Å². The summed E-state index contributed by atoms with van der Waals surface area (Å²) in [5.74, 6) is 0.954. The molecule has 0 saturated heterocycles. The standard InChI is InChI=1S/C25H54N.C8H18/c1-5-8-11-14-17-20-23-26(4,24-21-18-15-12-9-6-2)25-22-19-16-13-10-7-3;1-4-6-7-8(3)5-2/h5-25H2,1-4H3;8H,4-7H2,1-3H3/q+1;. The van der Waals surface area contributed by atoms with E-state index in [0.717, 1.165) is 5.92 Å². The number of quaternary nitrogens is 1. The minimum atomic E-state index is 0.954. The molecule has 1 heteroatoms. The minimum absolute atomic E-state index is 0.954. The quantitative estimate of drug-likeness (QED) is 0.0896. The fraction of sp³-hybridized carbons (Fsp3) is 1.00. The normalized spacial score (nSPS) is 12.4. The average molecular weight is 483 g/mol. The van der Waals surface area contributed by atoms with E-state index in [0.29, 0.717) is 0 Å². The van der Waals surface area contributed by atoms with Crippen molar-refractivity contribution in [3.8, 4) is 0 Å². The molecule has 1 unspecified atom stereocenters. The second-order valence-corrected chi connectivity index (χ2v) is 11.7. The zero-order valence-electron chi connectivity index (χ0n) is 25.7. The van der Waals surface area contributed by atoms with Gasteiger partial charge in [0.2, 0.25) is 0 Å². The van der Waals surface area contributed by atoms with Crippen LogP contribution in [0.2, 0.25) is 0 Å². The van der Waals surface area contributed by atoms with E-state index < -0.39 is 0 Å². The summed E-state index contributed by atoms with van der Waals surface area (Å²) in [6.45, 7) is 18.1. The van der Waals surface area contributed by atoms with Gasteiger partial charge in [-0.05, 0) is 44.4 Å². The lowest BCUT2D eigenvalue weighted by molar-refractivity contribution is -0.910. The lowest BCUT2D eigenvalue weighted by Gasteiger charge is -2.35. The minimum Gasteiger partial charge on any atom is -0.326 e. The molecule has 1 nitrogen and oxygen atoms in total. The Bertz CT molecular complexity index is 310. The number of unbranched alkanes of at least 4 members (excludes halogenated alkanes) is 16. The Kier molecular flexibility index (Phi) is 31.0. The van der Waals surface area contributed by atoms with Crippen LogP contribution in [0.25, 0.3) is 0 Å². The molecule has 0 radical (unpaired) electrons. The highest BCUT2D eigenvalue weighted by Crippen LogP contribution is 2.16. The van der Waals surface area contributed by atoms with Crippen LogP contribution in [-0.2, 0) is 0 Å². The number of hydrogen-bond donors (Lipinski definition) is 0. The Balaban J connectivity index is 0. The second kappa shape index (κ2) is 29.2. The first-order valence-corrected chi connectivity index (χ1v) is 16.3. The van der Waals surface area contributed by atoms with E-state index in [9.17, 15) is 0 Å². The predicted octanol–water partition coefficient (Wildman–Crippen LogP) is 11.7. The maximum absolute atomic E-state index is 2.56. The van der Waals surface area contributed by atoms with Crippen molar-refractivity contribution in [2.24, 2.45) is 5.92 Å². The molecular weight excluding hydrogens is 410 g/mol. The topological polar surface area (TPSA) is 0 Å². The van der Waals surface area contributed by atoms with Crippen LogP contribution in [0.4, 0.5) is 0 Å². The molecule has 0 aliphatic heterocycles. The molecule has 0 aliphatic carbocycles. The van der Waals surface area contributed by atoms with E-state index in [1.807, 2.05) is 0 Å². The van der Waals surface area contributed by atoms with Gasteiger partial charge in [0.25, 0.3) is 0 Å². The average Bonchev–Trinajstić information content (AvgIpc) is 2.84. The SMILES string of the molecule is CCCCC(C)CC.CCCCCCCC[N+](C)(CCCCCCCC)CCCCCCCC. The molecule has 0 heterocycles. The molecule has 0 aromatic rings.